The average molecular weight is 447 g/mol. The molecular formula is C25H26N4O2S. The van der Waals surface area contributed by atoms with Crippen molar-refractivity contribution in [3.8, 4) is 0 Å². The number of hydrazone groups is 1. The standard InChI is InChI=1S/C25H26N4O2S/c1-4-7-20-23(25(31)29-28-20)21-14-22(18-8-5-6-9-19(18)27-21)32-17-12-10-16(11-13-17)26-24(30)15(2)3/h5-6,8-15,27H,4,7H2,1-3H3,(H,26,30)(H,29,31)/b23-21-. The van der Waals surface area contributed by atoms with E-state index in [0.717, 1.165) is 51.0 Å². The van der Waals surface area contributed by atoms with Gasteiger partial charge in [-0.1, -0.05) is 57.2 Å². The van der Waals surface area contributed by atoms with E-state index in [4.69, 9.17) is 0 Å². The molecule has 0 fully saturated rings. The van der Waals surface area contributed by atoms with Gasteiger partial charge in [0.1, 0.15) is 0 Å². The summed E-state index contributed by atoms with van der Waals surface area (Å²) in [5.41, 5.74) is 7.55. The maximum Gasteiger partial charge on any atom is 0.275 e. The fourth-order valence-electron chi connectivity index (χ4n) is 3.49. The summed E-state index contributed by atoms with van der Waals surface area (Å²) >= 11 is 1.62. The Morgan fingerprint density at radius 2 is 1.88 bits per heavy atom. The van der Waals surface area contributed by atoms with Crippen LogP contribution in [0.25, 0.3) is 4.91 Å². The van der Waals surface area contributed by atoms with Crippen molar-refractivity contribution in [2.75, 3.05) is 10.6 Å². The molecule has 2 aromatic rings. The number of nitrogens with one attached hydrogen (secondary N) is 3. The molecule has 2 aromatic carbocycles. The molecule has 2 amide bonds. The van der Waals surface area contributed by atoms with Crippen LogP contribution >= 0.6 is 11.8 Å². The number of para-hydroxylation sites is 1. The third-order valence-electron chi connectivity index (χ3n) is 5.18. The summed E-state index contributed by atoms with van der Waals surface area (Å²) in [6.45, 7) is 5.81. The number of fused-ring (bicyclic) bond motifs is 1. The molecule has 32 heavy (non-hydrogen) atoms. The van der Waals surface area contributed by atoms with Crippen LogP contribution in [0.1, 0.15) is 39.2 Å². The molecule has 2 aliphatic heterocycles. The van der Waals surface area contributed by atoms with Gasteiger partial charge < -0.3 is 10.6 Å². The highest BCUT2D eigenvalue weighted by Crippen LogP contribution is 2.42. The lowest BCUT2D eigenvalue weighted by molar-refractivity contribution is -0.119. The molecular weight excluding hydrogens is 420 g/mol. The summed E-state index contributed by atoms with van der Waals surface area (Å²) in [6, 6.07) is 15.9. The largest absolute Gasteiger partial charge is 0.354 e. The minimum Gasteiger partial charge on any atom is -0.354 e. The quantitative estimate of drug-likeness (QED) is 0.520. The van der Waals surface area contributed by atoms with Crippen LogP contribution in [0.15, 0.2) is 75.9 Å². The van der Waals surface area contributed by atoms with E-state index >= 15 is 0 Å². The molecule has 0 radical (unpaired) electrons. The molecule has 7 heteroatoms. The van der Waals surface area contributed by atoms with Crippen LogP contribution < -0.4 is 16.1 Å². The van der Waals surface area contributed by atoms with Gasteiger partial charge in [-0.15, -0.1) is 0 Å². The molecule has 4 rings (SSSR count). The van der Waals surface area contributed by atoms with Gasteiger partial charge in [0.25, 0.3) is 5.91 Å². The molecule has 0 aromatic heterocycles. The van der Waals surface area contributed by atoms with Crippen molar-refractivity contribution in [2.45, 2.75) is 38.5 Å². The number of allylic oxidation sites excluding steroid dienone is 1. The molecule has 0 aliphatic carbocycles. The summed E-state index contributed by atoms with van der Waals surface area (Å²) in [5, 5.41) is 10.6. The number of anilines is 2. The highest BCUT2D eigenvalue weighted by atomic mass is 32.2. The molecule has 0 bridgehead atoms. The van der Waals surface area contributed by atoms with Crippen LogP contribution in [0.4, 0.5) is 11.4 Å². The number of nitrogens with zero attached hydrogens (tertiary/aromatic N) is 1. The Morgan fingerprint density at radius 3 is 2.59 bits per heavy atom. The van der Waals surface area contributed by atoms with Crippen molar-refractivity contribution in [3.63, 3.8) is 0 Å². The number of hydrogen-bond acceptors (Lipinski definition) is 5. The molecule has 3 N–H and O–H groups in total. The maximum atomic E-state index is 12.5. The maximum absolute atomic E-state index is 12.5. The van der Waals surface area contributed by atoms with E-state index in [1.54, 1.807) is 11.8 Å². The van der Waals surface area contributed by atoms with E-state index in [1.165, 1.54) is 0 Å². The van der Waals surface area contributed by atoms with Crippen LogP contribution in [0.2, 0.25) is 0 Å². The van der Waals surface area contributed by atoms with E-state index in [1.807, 2.05) is 62.4 Å². The zero-order valence-electron chi connectivity index (χ0n) is 18.4. The van der Waals surface area contributed by atoms with Crippen LogP contribution in [0, 0.1) is 5.92 Å². The first kappa shape index (κ1) is 21.9. The Kier molecular flexibility index (Phi) is 6.46. The first-order valence-corrected chi connectivity index (χ1v) is 11.6. The Morgan fingerprint density at radius 1 is 1.12 bits per heavy atom. The highest BCUT2D eigenvalue weighted by molar-refractivity contribution is 8.08. The molecule has 164 valence electrons. The first-order valence-electron chi connectivity index (χ1n) is 10.7. The topological polar surface area (TPSA) is 82.6 Å². The highest BCUT2D eigenvalue weighted by Gasteiger charge is 2.28. The summed E-state index contributed by atoms with van der Waals surface area (Å²) in [4.78, 5) is 26.5. The fourth-order valence-corrected chi connectivity index (χ4v) is 4.48. The second-order valence-corrected chi connectivity index (χ2v) is 9.10. The van der Waals surface area contributed by atoms with Crippen LogP contribution in [-0.2, 0) is 9.59 Å². The van der Waals surface area contributed by atoms with Crippen molar-refractivity contribution in [1.29, 1.82) is 0 Å². The second kappa shape index (κ2) is 9.44. The summed E-state index contributed by atoms with van der Waals surface area (Å²) in [6.07, 6.45) is 3.67. The van der Waals surface area contributed by atoms with Crippen molar-refractivity contribution >= 4 is 45.6 Å². The van der Waals surface area contributed by atoms with Gasteiger partial charge in [-0.25, -0.2) is 5.43 Å². The molecule has 0 spiro atoms. The van der Waals surface area contributed by atoms with Crippen LogP contribution in [0.5, 0.6) is 0 Å². The van der Waals surface area contributed by atoms with Gasteiger partial charge in [0, 0.05) is 32.7 Å². The lowest BCUT2D eigenvalue weighted by atomic mass is 10.0. The van der Waals surface area contributed by atoms with E-state index < -0.39 is 0 Å². The molecule has 2 aliphatic rings. The zero-order chi connectivity index (χ0) is 22.7. The molecule has 6 nitrogen and oxygen atoms in total. The van der Waals surface area contributed by atoms with Gasteiger partial charge >= 0.3 is 0 Å². The minimum absolute atomic E-state index is 0.00366. The van der Waals surface area contributed by atoms with Crippen molar-refractivity contribution in [1.82, 2.24) is 5.43 Å². The van der Waals surface area contributed by atoms with Crippen LogP contribution in [0.3, 0.4) is 0 Å². The van der Waals surface area contributed by atoms with Gasteiger partial charge in [-0.3, -0.25) is 9.59 Å². The van der Waals surface area contributed by atoms with E-state index in [9.17, 15) is 9.59 Å². The number of rotatable bonds is 6. The number of hydrogen-bond donors (Lipinski definition) is 3. The van der Waals surface area contributed by atoms with Gasteiger partial charge in [0.05, 0.1) is 17.0 Å². The van der Waals surface area contributed by atoms with Crippen molar-refractivity contribution in [2.24, 2.45) is 11.0 Å². The van der Waals surface area contributed by atoms with Crippen molar-refractivity contribution < 1.29 is 9.59 Å². The predicted octanol–water partition coefficient (Wildman–Crippen LogP) is 5.38. The molecule has 2 heterocycles. The first-order chi connectivity index (χ1) is 15.5. The SMILES string of the molecule is CCCC1=NNC(=O)/C1=C1/C=C(Sc2ccc(NC(=O)C(C)C)cc2)c2ccccc2N1. The van der Waals surface area contributed by atoms with E-state index in [0.29, 0.717) is 5.57 Å². The monoisotopic (exact) mass is 446 g/mol. The van der Waals surface area contributed by atoms with Gasteiger partial charge in [0.15, 0.2) is 0 Å². The number of benzene rings is 2. The third-order valence-corrected chi connectivity index (χ3v) is 6.24. The normalized spacial score (nSPS) is 17.3. The molecule has 0 saturated carbocycles. The Bertz CT molecular complexity index is 1150. The van der Waals surface area contributed by atoms with Gasteiger partial charge in [-0.2, -0.15) is 5.10 Å². The summed E-state index contributed by atoms with van der Waals surface area (Å²) in [7, 11) is 0. The number of carbonyl (C=O) groups is 2. The van der Waals surface area contributed by atoms with E-state index in [-0.39, 0.29) is 17.7 Å². The number of amides is 2. The molecule has 0 atom stereocenters. The third kappa shape index (κ3) is 4.62. The second-order valence-electron chi connectivity index (χ2n) is 7.99. The zero-order valence-corrected chi connectivity index (χ0v) is 19.2. The Labute approximate surface area is 192 Å². The van der Waals surface area contributed by atoms with Gasteiger partial charge in [0.2, 0.25) is 5.91 Å². The van der Waals surface area contributed by atoms with Gasteiger partial charge in [-0.05, 0) is 42.8 Å². The van der Waals surface area contributed by atoms with E-state index in [2.05, 4.69) is 34.2 Å². The minimum atomic E-state index is -0.179. The van der Waals surface area contributed by atoms with Crippen LogP contribution in [-0.4, -0.2) is 17.5 Å². The Balaban J connectivity index is 1.65. The number of carbonyl (C=O) groups excluding carboxylic acids is 2. The fraction of sp³-hybridized carbons (Fsp3) is 0.240. The predicted molar refractivity (Wildman–Crippen MR) is 131 cm³/mol. The number of thioether (sulfide) groups is 1. The molecule has 0 unspecified atom stereocenters. The lowest BCUT2D eigenvalue weighted by Gasteiger charge is -2.22. The van der Waals surface area contributed by atoms with Crippen molar-refractivity contribution in [3.05, 3.63) is 71.4 Å². The Hall–Kier alpha value is -3.32. The summed E-state index contributed by atoms with van der Waals surface area (Å²) in [5.74, 6) is -0.252. The molecule has 0 saturated heterocycles. The lowest BCUT2D eigenvalue weighted by Crippen LogP contribution is -2.19. The smallest absolute Gasteiger partial charge is 0.275 e. The average Bonchev–Trinajstić information content (AvgIpc) is 3.15. The summed E-state index contributed by atoms with van der Waals surface area (Å²) < 4.78 is 0.